The van der Waals surface area contributed by atoms with E-state index in [1.165, 1.54) is 5.56 Å². The third-order valence-electron chi connectivity index (χ3n) is 4.16. The van der Waals surface area contributed by atoms with Crippen LogP contribution >= 0.6 is 0 Å². The van der Waals surface area contributed by atoms with Crippen molar-refractivity contribution in [1.82, 2.24) is 9.97 Å². The normalized spacial score (nSPS) is 17.7. The molecule has 0 aromatic carbocycles. The molecule has 2 aromatic rings. The van der Waals surface area contributed by atoms with Crippen molar-refractivity contribution >= 4 is 11.5 Å². The van der Waals surface area contributed by atoms with Gasteiger partial charge in [0.05, 0.1) is 6.61 Å². The topological polar surface area (TPSA) is 61.3 Å². The quantitative estimate of drug-likeness (QED) is 0.886. The fraction of sp³-hybridized carbons (Fsp3) is 0.412. The Kier molecular flexibility index (Phi) is 4.53. The first-order valence-corrected chi connectivity index (χ1v) is 7.71. The maximum atomic E-state index is 9.44. The fourth-order valence-corrected chi connectivity index (χ4v) is 2.95. The van der Waals surface area contributed by atoms with Gasteiger partial charge >= 0.3 is 0 Å². The summed E-state index contributed by atoms with van der Waals surface area (Å²) in [5.74, 6) is 1.53. The average Bonchev–Trinajstić information content (AvgIpc) is 3.02. The standard InChI is InChI=1S/C17H22N4O/c1-13-2-6-19-17(8-13)20-9-14-4-7-21(11-14)16-3-5-18-10-15(16)12-22/h2-3,5-6,8,10,14,22H,4,7,9,11-12H2,1H3,(H,19,20). The molecule has 1 atom stereocenters. The second kappa shape index (κ2) is 6.75. The summed E-state index contributed by atoms with van der Waals surface area (Å²) in [4.78, 5) is 10.8. The zero-order valence-electron chi connectivity index (χ0n) is 12.9. The van der Waals surface area contributed by atoms with Crippen molar-refractivity contribution in [2.75, 3.05) is 29.9 Å². The third kappa shape index (κ3) is 3.36. The Hall–Kier alpha value is -2.14. The number of hydrogen-bond acceptors (Lipinski definition) is 5. The van der Waals surface area contributed by atoms with E-state index in [4.69, 9.17) is 0 Å². The van der Waals surface area contributed by atoms with Crippen LogP contribution in [-0.4, -0.2) is 34.7 Å². The molecule has 3 rings (SSSR count). The molecule has 0 radical (unpaired) electrons. The van der Waals surface area contributed by atoms with Crippen LogP contribution in [0.5, 0.6) is 0 Å². The Balaban J connectivity index is 1.58. The summed E-state index contributed by atoms with van der Waals surface area (Å²) in [7, 11) is 0. The molecule has 3 heterocycles. The van der Waals surface area contributed by atoms with Crippen LogP contribution in [0.2, 0.25) is 0 Å². The zero-order chi connectivity index (χ0) is 15.4. The molecule has 5 heteroatoms. The van der Waals surface area contributed by atoms with E-state index >= 15 is 0 Å². The van der Waals surface area contributed by atoms with Crippen LogP contribution < -0.4 is 10.2 Å². The van der Waals surface area contributed by atoms with Crippen molar-refractivity contribution in [3.05, 3.63) is 47.9 Å². The molecule has 1 aliphatic rings. The highest BCUT2D eigenvalue weighted by molar-refractivity contribution is 5.52. The van der Waals surface area contributed by atoms with Gasteiger partial charge in [0.2, 0.25) is 0 Å². The fourth-order valence-electron chi connectivity index (χ4n) is 2.95. The molecular formula is C17H22N4O. The number of nitrogens with one attached hydrogen (secondary N) is 1. The van der Waals surface area contributed by atoms with Crippen molar-refractivity contribution in [2.24, 2.45) is 5.92 Å². The van der Waals surface area contributed by atoms with E-state index in [9.17, 15) is 5.11 Å². The predicted molar refractivity (Wildman–Crippen MR) is 87.9 cm³/mol. The molecule has 2 N–H and O–H groups in total. The highest BCUT2D eigenvalue weighted by atomic mass is 16.3. The SMILES string of the molecule is Cc1ccnc(NCC2CCN(c3ccncc3CO)C2)c1. The summed E-state index contributed by atoms with van der Waals surface area (Å²) in [5, 5.41) is 12.9. The second-order valence-corrected chi connectivity index (χ2v) is 5.86. The van der Waals surface area contributed by atoms with Crippen LogP contribution in [0, 0.1) is 12.8 Å². The minimum Gasteiger partial charge on any atom is -0.392 e. The molecule has 22 heavy (non-hydrogen) atoms. The van der Waals surface area contributed by atoms with Gasteiger partial charge in [0, 0.05) is 49.5 Å². The number of nitrogens with zero attached hydrogens (tertiary/aromatic N) is 3. The first-order chi connectivity index (χ1) is 10.8. The highest BCUT2D eigenvalue weighted by Gasteiger charge is 2.24. The molecule has 1 aliphatic heterocycles. The van der Waals surface area contributed by atoms with E-state index in [-0.39, 0.29) is 6.61 Å². The average molecular weight is 298 g/mol. The molecular weight excluding hydrogens is 276 g/mol. The van der Waals surface area contributed by atoms with E-state index in [0.29, 0.717) is 5.92 Å². The summed E-state index contributed by atoms with van der Waals surface area (Å²) in [6.45, 7) is 5.05. The predicted octanol–water partition coefficient (Wildman–Crippen LogP) is 2.22. The van der Waals surface area contributed by atoms with Gasteiger partial charge in [-0.3, -0.25) is 4.98 Å². The Morgan fingerprint density at radius 1 is 1.36 bits per heavy atom. The number of aromatic nitrogens is 2. The first kappa shape index (κ1) is 14.8. The summed E-state index contributed by atoms with van der Waals surface area (Å²) in [5.41, 5.74) is 3.22. The Morgan fingerprint density at radius 3 is 3.09 bits per heavy atom. The third-order valence-corrected chi connectivity index (χ3v) is 4.16. The zero-order valence-corrected chi connectivity index (χ0v) is 12.9. The van der Waals surface area contributed by atoms with E-state index in [0.717, 1.165) is 43.1 Å². The monoisotopic (exact) mass is 298 g/mol. The van der Waals surface area contributed by atoms with Gasteiger partial charge in [0.15, 0.2) is 0 Å². The van der Waals surface area contributed by atoms with E-state index in [1.54, 1.807) is 12.4 Å². The number of rotatable bonds is 5. The van der Waals surface area contributed by atoms with Crippen LogP contribution in [0.25, 0.3) is 0 Å². The molecule has 2 aromatic heterocycles. The van der Waals surface area contributed by atoms with Crippen LogP contribution in [0.3, 0.4) is 0 Å². The van der Waals surface area contributed by atoms with E-state index < -0.39 is 0 Å². The van der Waals surface area contributed by atoms with Crippen molar-refractivity contribution in [1.29, 1.82) is 0 Å². The summed E-state index contributed by atoms with van der Waals surface area (Å²) < 4.78 is 0. The van der Waals surface area contributed by atoms with Gasteiger partial charge in [0.25, 0.3) is 0 Å². The lowest BCUT2D eigenvalue weighted by atomic mass is 10.1. The molecule has 116 valence electrons. The Bertz CT molecular complexity index is 632. The number of anilines is 2. The molecule has 0 bridgehead atoms. The number of hydrogen-bond donors (Lipinski definition) is 2. The van der Waals surface area contributed by atoms with Gasteiger partial charge in [-0.2, -0.15) is 0 Å². The van der Waals surface area contributed by atoms with E-state index in [2.05, 4.69) is 33.2 Å². The molecule has 0 saturated carbocycles. The molecule has 1 unspecified atom stereocenters. The second-order valence-electron chi connectivity index (χ2n) is 5.86. The maximum Gasteiger partial charge on any atom is 0.126 e. The van der Waals surface area contributed by atoms with Gasteiger partial charge < -0.3 is 15.3 Å². The van der Waals surface area contributed by atoms with Crippen molar-refractivity contribution in [3.63, 3.8) is 0 Å². The molecule has 5 nitrogen and oxygen atoms in total. The minimum atomic E-state index is 0.0375. The van der Waals surface area contributed by atoms with Crippen molar-refractivity contribution < 1.29 is 5.11 Å². The number of aryl methyl sites for hydroxylation is 1. The van der Waals surface area contributed by atoms with Gasteiger partial charge in [-0.15, -0.1) is 0 Å². The first-order valence-electron chi connectivity index (χ1n) is 7.71. The largest absolute Gasteiger partial charge is 0.392 e. The Morgan fingerprint density at radius 2 is 2.27 bits per heavy atom. The lowest BCUT2D eigenvalue weighted by Crippen LogP contribution is -2.23. The Labute approximate surface area is 131 Å². The molecule has 0 spiro atoms. The lowest BCUT2D eigenvalue weighted by molar-refractivity contribution is 0.281. The van der Waals surface area contributed by atoms with Gasteiger partial charge in [-0.05, 0) is 43.0 Å². The van der Waals surface area contributed by atoms with Gasteiger partial charge in [-0.25, -0.2) is 4.98 Å². The molecule has 1 saturated heterocycles. The molecule has 0 aliphatic carbocycles. The smallest absolute Gasteiger partial charge is 0.126 e. The minimum absolute atomic E-state index is 0.0375. The van der Waals surface area contributed by atoms with Gasteiger partial charge in [0.1, 0.15) is 5.82 Å². The highest BCUT2D eigenvalue weighted by Crippen LogP contribution is 2.26. The van der Waals surface area contributed by atoms with E-state index in [1.807, 2.05) is 18.3 Å². The maximum absolute atomic E-state index is 9.44. The number of aliphatic hydroxyl groups is 1. The number of pyridine rings is 2. The van der Waals surface area contributed by atoms with Crippen LogP contribution in [0.4, 0.5) is 11.5 Å². The van der Waals surface area contributed by atoms with Crippen molar-refractivity contribution in [3.8, 4) is 0 Å². The van der Waals surface area contributed by atoms with Crippen LogP contribution in [0.15, 0.2) is 36.8 Å². The summed E-state index contributed by atoms with van der Waals surface area (Å²) in [6, 6.07) is 6.06. The number of aliphatic hydroxyl groups excluding tert-OH is 1. The summed E-state index contributed by atoms with van der Waals surface area (Å²) >= 11 is 0. The summed E-state index contributed by atoms with van der Waals surface area (Å²) in [6.07, 6.45) is 6.52. The molecule has 0 amide bonds. The van der Waals surface area contributed by atoms with Crippen LogP contribution in [0.1, 0.15) is 17.5 Å². The van der Waals surface area contributed by atoms with Crippen LogP contribution in [-0.2, 0) is 6.61 Å². The van der Waals surface area contributed by atoms with Crippen molar-refractivity contribution in [2.45, 2.75) is 20.0 Å². The lowest BCUT2D eigenvalue weighted by Gasteiger charge is -2.21. The molecule has 1 fully saturated rings. The van der Waals surface area contributed by atoms with Gasteiger partial charge in [-0.1, -0.05) is 0 Å².